The monoisotopic (exact) mass is 338 g/mol. The summed E-state index contributed by atoms with van der Waals surface area (Å²) >= 11 is 0. The van der Waals surface area contributed by atoms with E-state index in [-0.39, 0.29) is 0 Å². The summed E-state index contributed by atoms with van der Waals surface area (Å²) < 4.78 is 0. The average molecular weight is 339 g/mol. The Hall–Kier alpha value is 0.170. The summed E-state index contributed by atoms with van der Waals surface area (Å²) in [7, 11) is 1.38. The van der Waals surface area contributed by atoms with Gasteiger partial charge in [0.25, 0.3) is 0 Å². The molecule has 1 rings (SSSR count). The number of rotatable bonds is 9. The van der Waals surface area contributed by atoms with Crippen molar-refractivity contribution in [2.75, 3.05) is 0 Å². The predicted octanol–water partition coefficient (Wildman–Crippen LogP) is 7.54. The molecule has 0 saturated heterocycles. The highest BCUT2D eigenvalue weighted by Gasteiger charge is 2.40. The Kier molecular flexibility index (Phi) is 9.43. The topological polar surface area (TPSA) is 0 Å². The molecule has 1 saturated carbocycles. The third kappa shape index (κ3) is 5.59. The zero-order chi connectivity index (χ0) is 17.6. The van der Waals surface area contributed by atoms with Crippen LogP contribution >= 0.6 is 8.20 Å². The van der Waals surface area contributed by atoms with Gasteiger partial charge < -0.3 is 0 Å². The van der Waals surface area contributed by atoms with Crippen molar-refractivity contribution in [1.82, 2.24) is 0 Å². The lowest BCUT2D eigenvalue weighted by Gasteiger charge is -2.47. The molecule has 0 radical (unpaired) electrons. The molecule has 0 spiro atoms. The summed E-state index contributed by atoms with van der Waals surface area (Å²) in [6, 6.07) is 0. The fourth-order valence-corrected chi connectivity index (χ4v) is 6.47. The lowest BCUT2D eigenvalue weighted by Crippen LogP contribution is -2.40. The Morgan fingerprint density at radius 2 is 1.74 bits per heavy atom. The summed E-state index contributed by atoms with van der Waals surface area (Å²) in [4.78, 5) is 0. The van der Waals surface area contributed by atoms with Gasteiger partial charge in [0, 0.05) is 5.66 Å². The van der Waals surface area contributed by atoms with Gasteiger partial charge in [0.05, 0.1) is 0 Å². The zero-order valence-electron chi connectivity index (χ0n) is 17.0. The Morgan fingerprint density at radius 1 is 1.09 bits per heavy atom. The van der Waals surface area contributed by atoms with Crippen LogP contribution in [0.15, 0.2) is 0 Å². The molecule has 0 bridgehead atoms. The van der Waals surface area contributed by atoms with Crippen LogP contribution in [0.1, 0.15) is 87.0 Å². The second kappa shape index (κ2) is 10.2. The first-order chi connectivity index (χ1) is 10.9. The van der Waals surface area contributed by atoms with Crippen molar-refractivity contribution >= 4 is 14.5 Å². The number of hydrogen-bond acceptors (Lipinski definition) is 0. The maximum atomic E-state index is 4.24. The minimum Gasteiger partial charge on any atom is -0.109 e. The van der Waals surface area contributed by atoms with Crippen molar-refractivity contribution in [1.29, 1.82) is 0 Å². The van der Waals surface area contributed by atoms with E-state index in [1.807, 2.05) is 0 Å². The SMILES string of the molecule is C=PC(CC)C1CC(C(C(C)C)C(C)CCCC)C[C@@H](C)[C@H]1C. The van der Waals surface area contributed by atoms with Crippen molar-refractivity contribution in [3.8, 4) is 0 Å². The molecule has 23 heavy (non-hydrogen) atoms. The molecular weight excluding hydrogens is 295 g/mol. The highest BCUT2D eigenvalue weighted by molar-refractivity contribution is 7.37. The first-order valence-electron chi connectivity index (χ1n) is 10.3. The smallest absolute Gasteiger partial charge is 0.00316 e. The van der Waals surface area contributed by atoms with E-state index in [9.17, 15) is 0 Å². The van der Waals surface area contributed by atoms with Crippen molar-refractivity contribution in [2.24, 2.45) is 41.4 Å². The highest BCUT2D eigenvalue weighted by Crippen LogP contribution is 2.48. The standard InChI is InChI=1S/C22H43P/c1-9-11-12-16(5)22(15(3)4)19-13-17(6)18(7)20(14-19)21(10-2)23-8/h15-22H,8-14H2,1-7H3/t16?,17-,18-,19?,20?,21?,22?/m1/s1. The van der Waals surface area contributed by atoms with Gasteiger partial charge >= 0.3 is 0 Å². The third-order valence-electron chi connectivity index (χ3n) is 6.95. The lowest BCUT2D eigenvalue weighted by molar-refractivity contribution is 0.0479. The van der Waals surface area contributed by atoms with Gasteiger partial charge in [-0.15, -0.1) is 8.20 Å². The van der Waals surface area contributed by atoms with Crippen LogP contribution in [0, 0.1) is 41.4 Å². The molecule has 1 fully saturated rings. The van der Waals surface area contributed by atoms with Gasteiger partial charge in [0.1, 0.15) is 0 Å². The molecule has 1 aliphatic carbocycles. The molecule has 7 atom stereocenters. The molecule has 0 aromatic heterocycles. The minimum atomic E-state index is 0.814. The van der Waals surface area contributed by atoms with Crippen molar-refractivity contribution < 1.29 is 0 Å². The minimum absolute atomic E-state index is 0.814. The van der Waals surface area contributed by atoms with E-state index >= 15 is 0 Å². The van der Waals surface area contributed by atoms with E-state index in [0.717, 1.165) is 47.1 Å². The van der Waals surface area contributed by atoms with Gasteiger partial charge in [-0.25, -0.2) is 0 Å². The number of unbranched alkanes of at least 4 members (excludes halogenated alkanes) is 1. The average Bonchev–Trinajstić information content (AvgIpc) is 2.50. The van der Waals surface area contributed by atoms with Gasteiger partial charge in [-0.2, -0.15) is 0 Å². The van der Waals surface area contributed by atoms with Crippen molar-refractivity contribution in [3.63, 3.8) is 0 Å². The summed E-state index contributed by atoms with van der Waals surface area (Å²) in [5, 5.41) is 0. The molecule has 5 unspecified atom stereocenters. The second-order valence-corrected chi connectivity index (χ2v) is 9.86. The largest absolute Gasteiger partial charge is 0.109 e. The van der Waals surface area contributed by atoms with Gasteiger partial charge in [0.15, 0.2) is 0 Å². The van der Waals surface area contributed by atoms with Gasteiger partial charge in [-0.05, 0) is 60.7 Å². The molecule has 1 heteroatoms. The van der Waals surface area contributed by atoms with E-state index in [4.69, 9.17) is 0 Å². The predicted molar refractivity (Wildman–Crippen MR) is 110 cm³/mol. The Balaban J connectivity index is 2.91. The van der Waals surface area contributed by atoms with E-state index in [2.05, 4.69) is 54.8 Å². The van der Waals surface area contributed by atoms with Crippen LogP contribution in [-0.2, 0) is 0 Å². The first-order valence-corrected chi connectivity index (χ1v) is 11.5. The summed E-state index contributed by atoms with van der Waals surface area (Å²) in [5.41, 5.74) is 0.814. The molecular formula is C22H43P. The maximum Gasteiger partial charge on any atom is 0.00316 e. The fraction of sp³-hybridized carbons (Fsp3) is 0.955. The molecule has 0 nitrogen and oxygen atoms in total. The van der Waals surface area contributed by atoms with Crippen LogP contribution in [0.4, 0.5) is 0 Å². The number of hydrogen-bond donors (Lipinski definition) is 0. The van der Waals surface area contributed by atoms with E-state index in [0.29, 0.717) is 0 Å². The zero-order valence-corrected chi connectivity index (χ0v) is 17.9. The summed E-state index contributed by atoms with van der Waals surface area (Å²) in [6.07, 6.45) is 12.6. The van der Waals surface area contributed by atoms with E-state index in [1.54, 1.807) is 0 Å². The lowest BCUT2D eigenvalue weighted by atomic mass is 9.60. The van der Waals surface area contributed by atoms with E-state index in [1.165, 1.54) is 46.7 Å². The molecule has 0 amide bonds. The van der Waals surface area contributed by atoms with Crippen LogP contribution in [0.25, 0.3) is 0 Å². The van der Waals surface area contributed by atoms with Crippen molar-refractivity contribution in [3.05, 3.63) is 0 Å². The van der Waals surface area contributed by atoms with Crippen LogP contribution in [-0.4, -0.2) is 12.0 Å². The van der Waals surface area contributed by atoms with Crippen LogP contribution in [0.3, 0.4) is 0 Å². The van der Waals surface area contributed by atoms with Crippen LogP contribution in [0.2, 0.25) is 0 Å². The maximum absolute atomic E-state index is 4.24. The first kappa shape index (κ1) is 21.2. The normalized spacial score (nSPS) is 32.9. The molecule has 1 aliphatic rings. The van der Waals surface area contributed by atoms with Crippen LogP contribution < -0.4 is 0 Å². The molecule has 0 aromatic rings. The molecule has 136 valence electrons. The van der Waals surface area contributed by atoms with Gasteiger partial charge in [0.2, 0.25) is 0 Å². The molecule has 0 N–H and O–H groups in total. The quantitative estimate of drug-likeness (QED) is 0.381. The fourth-order valence-electron chi connectivity index (χ4n) is 5.55. The Morgan fingerprint density at radius 3 is 2.22 bits per heavy atom. The molecule has 0 aliphatic heterocycles. The summed E-state index contributed by atoms with van der Waals surface area (Å²) in [5.74, 6) is 6.22. The Labute approximate surface area is 149 Å². The molecule has 0 heterocycles. The second-order valence-electron chi connectivity index (χ2n) is 8.83. The third-order valence-corrected chi connectivity index (χ3v) is 8.17. The Bertz CT molecular complexity index is 335. The van der Waals surface area contributed by atoms with Crippen LogP contribution in [0.5, 0.6) is 0 Å². The van der Waals surface area contributed by atoms with Gasteiger partial charge in [-0.1, -0.05) is 74.0 Å². The summed E-state index contributed by atoms with van der Waals surface area (Å²) in [6.45, 7) is 17.2. The van der Waals surface area contributed by atoms with E-state index < -0.39 is 0 Å². The van der Waals surface area contributed by atoms with Gasteiger partial charge in [-0.3, -0.25) is 0 Å². The molecule has 0 aromatic carbocycles. The van der Waals surface area contributed by atoms with Crippen molar-refractivity contribution in [2.45, 2.75) is 92.7 Å². The highest BCUT2D eigenvalue weighted by atomic mass is 31.1.